The molecule has 0 fully saturated rings. The van der Waals surface area contributed by atoms with Crippen molar-refractivity contribution in [1.29, 1.82) is 0 Å². The zero-order valence-corrected chi connectivity index (χ0v) is 9.45. The van der Waals surface area contributed by atoms with E-state index in [0.717, 1.165) is 17.8 Å². The Kier molecular flexibility index (Phi) is 3.85. The van der Waals surface area contributed by atoms with Gasteiger partial charge in [0.25, 0.3) is 0 Å². The first-order valence-electron chi connectivity index (χ1n) is 5.11. The van der Waals surface area contributed by atoms with Crippen molar-refractivity contribution in [3.63, 3.8) is 0 Å². The molecule has 5 nitrogen and oxygen atoms in total. The molecule has 15 heavy (non-hydrogen) atoms. The number of carbonyl (C=O) groups excluding carboxylic acids is 1. The van der Waals surface area contributed by atoms with Crippen LogP contribution in [0, 0.1) is 6.92 Å². The highest BCUT2D eigenvalue weighted by atomic mass is 16.2. The fourth-order valence-corrected chi connectivity index (χ4v) is 1.39. The van der Waals surface area contributed by atoms with Crippen LogP contribution in [0.25, 0.3) is 0 Å². The molecular weight excluding hydrogens is 192 g/mol. The third kappa shape index (κ3) is 3.06. The molecule has 1 rings (SSSR count). The average Bonchev–Trinajstić information content (AvgIpc) is 2.45. The molecule has 0 radical (unpaired) electrons. The van der Waals surface area contributed by atoms with Crippen LogP contribution in [0.5, 0.6) is 0 Å². The molecule has 0 aliphatic heterocycles. The second-order valence-electron chi connectivity index (χ2n) is 3.69. The SMILES string of the molecule is CCC[C@@H](N)C(=O)Nc1cn(C)nc1C. The molecule has 1 atom stereocenters. The van der Waals surface area contributed by atoms with Gasteiger partial charge in [0.2, 0.25) is 5.91 Å². The molecule has 1 aromatic rings. The molecule has 1 amide bonds. The number of rotatable bonds is 4. The fraction of sp³-hybridized carbons (Fsp3) is 0.600. The van der Waals surface area contributed by atoms with E-state index in [4.69, 9.17) is 5.73 Å². The van der Waals surface area contributed by atoms with Crippen molar-refractivity contribution >= 4 is 11.6 Å². The first kappa shape index (κ1) is 11.7. The molecule has 0 aliphatic rings. The maximum absolute atomic E-state index is 11.6. The number of hydrogen-bond acceptors (Lipinski definition) is 3. The summed E-state index contributed by atoms with van der Waals surface area (Å²) in [4.78, 5) is 11.6. The molecule has 5 heteroatoms. The second kappa shape index (κ2) is 4.93. The zero-order valence-electron chi connectivity index (χ0n) is 9.45. The van der Waals surface area contributed by atoms with E-state index in [2.05, 4.69) is 10.4 Å². The van der Waals surface area contributed by atoms with Crippen molar-refractivity contribution in [2.24, 2.45) is 12.8 Å². The summed E-state index contributed by atoms with van der Waals surface area (Å²) in [5.74, 6) is -0.145. The normalized spacial score (nSPS) is 12.5. The van der Waals surface area contributed by atoms with Crippen LogP contribution in [-0.2, 0) is 11.8 Å². The van der Waals surface area contributed by atoms with Crippen LogP contribution < -0.4 is 11.1 Å². The lowest BCUT2D eigenvalue weighted by molar-refractivity contribution is -0.117. The Morgan fingerprint density at radius 2 is 2.40 bits per heavy atom. The highest BCUT2D eigenvalue weighted by Gasteiger charge is 2.14. The largest absolute Gasteiger partial charge is 0.322 e. The van der Waals surface area contributed by atoms with Gasteiger partial charge >= 0.3 is 0 Å². The molecule has 1 heterocycles. The van der Waals surface area contributed by atoms with E-state index in [0.29, 0.717) is 6.42 Å². The fourth-order valence-electron chi connectivity index (χ4n) is 1.39. The number of aromatic nitrogens is 2. The molecule has 0 bridgehead atoms. The topological polar surface area (TPSA) is 72.9 Å². The minimum Gasteiger partial charge on any atom is -0.322 e. The van der Waals surface area contributed by atoms with Crippen molar-refractivity contribution in [3.8, 4) is 0 Å². The van der Waals surface area contributed by atoms with E-state index in [1.165, 1.54) is 0 Å². The molecule has 84 valence electrons. The van der Waals surface area contributed by atoms with Crippen LogP contribution in [0.1, 0.15) is 25.5 Å². The van der Waals surface area contributed by atoms with Gasteiger partial charge < -0.3 is 11.1 Å². The van der Waals surface area contributed by atoms with Gasteiger partial charge in [0.05, 0.1) is 17.4 Å². The second-order valence-corrected chi connectivity index (χ2v) is 3.69. The van der Waals surface area contributed by atoms with Crippen molar-refractivity contribution in [1.82, 2.24) is 9.78 Å². The van der Waals surface area contributed by atoms with E-state index in [-0.39, 0.29) is 5.91 Å². The Morgan fingerprint density at radius 1 is 1.73 bits per heavy atom. The molecule has 0 unspecified atom stereocenters. The molecule has 0 saturated heterocycles. The number of amides is 1. The van der Waals surface area contributed by atoms with Crippen LogP contribution in [-0.4, -0.2) is 21.7 Å². The van der Waals surface area contributed by atoms with E-state index >= 15 is 0 Å². The Morgan fingerprint density at radius 3 is 2.87 bits per heavy atom. The monoisotopic (exact) mass is 210 g/mol. The third-order valence-corrected chi connectivity index (χ3v) is 2.21. The third-order valence-electron chi connectivity index (χ3n) is 2.21. The van der Waals surface area contributed by atoms with Crippen LogP contribution in [0.3, 0.4) is 0 Å². The molecule has 0 aliphatic carbocycles. The Bertz CT molecular complexity index is 345. The first-order chi connectivity index (χ1) is 7.04. The number of nitrogens with two attached hydrogens (primary N) is 1. The van der Waals surface area contributed by atoms with Crippen molar-refractivity contribution in [2.45, 2.75) is 32.7 Å². The van der Waals surface area contributed by atoms with Gasteiger partial charge in [-0.15, -0.1) is 0 Å². The maximum Gasteiger partial charge on any atom is 0.241 e. The number of aryl methyl sites for hydroxylation is 2. The minimum absolute atomic E-state index is 0.145. The molecular formula is C10H18N4O. The van der Waals surface area contributed by atoms with Gasteiger partial charge in [0.15, 0.2) is 0 Å². The smallest absolute Gasteiger partial charge is 0.241 e. The minimum atomic E-state index is -0.436. The number of anilines is 1. The van der Waals surface area contributed by atoms with Crippen LogP contribution in [0.2, 0.25) is 0 Å². The van der Waals surface area contributed by atoms with Gasteiger partial charge in [-0.2, -0.15) is 5.10 Å². The van der Waals surface area contributed by atoms with E-state index in [9.17, 15) is 4.79 Å². The van der Waals surface area contributed by atoms with Crippen LogP contribution in [0.15, 0.2) is 6.20 Å². The van der Waals surface area contributed by atoms with Crippen molar-refractivity contribution in [2.75, 3.05) is 5.32 Å². The standard InChI is InChI=1S/C10H18N4O/c1-4-5-8(11)10(15)12-9-6-14(3)13-7(9)2/h6,8H,4-5,11H2,1-3H3,(H,12,15)/t8-/m1/s1. The van der Waals surface area contributed by atoms with Gasteiger partial charge in [-0.05, 0) is 13.3 Å². The van der Waals surface area contributed by atoms with Crippen LogP contribution >= 0.6 is 0 Å². The summed E-state index contributed by atoms with van der Waals surface area (Å²) in [5, 5.41) is 6.90. The maximum atomic E-state index is 11.6. The molecule has 3 N–H and O–H groups in total. The lowest BCUT2D eigenvalue weighted by Gasteiger charge is -2.09. The zero-order chi connectivity index (χ0) is 11.4. The lowest BCUT2D eigenvalue weighted by atomic mass is 10.1. The Labute approximate surface area is 89.6 Å². The highest BCUT2D eigenvalue weighted by molar-refractivity contribution is 5.94. The molecule has 1 aromatic heterocycles. The number of hydrogen-bond donors (Lipinski definition) is 2. The predicted molar refractivity (Wildman–Crippen MR) is 59.5 cm³/mol. The number of nitrogens with one attached hydrogen (secondary N) is 1. The molecule has 0 saturated carbocycles. The quantitative estimate of drug-likeness (QED) is 0.771. The Balaban J connectivity index is 2.62. The Hall–Kier alpha value is -1.36. The highest BCUT2D eigenvalue weighted by Crippen LogP contribution is 2.11. The van der Waals surface area contributed by atoms with Crippen molar-refractivity contribution in [3.05, 3.63) is 11.9 Å². The van der Waals surface area contributed by atoms with Crippen LogP contribution in [0.4, 0.5) is 5.69 Å². The summed E-state index contributed by atoms with van der Waals surface area (Å²) in [5.41, 5.74) is 7.22. The van der Waals surface area contributed by atoms with Gasteiger partial charge in [-0.25, -0.2) is 0 Å². The van der Waals surface area contributed by atoms with E-state index in [1.807, 2.05) is 20.9 Å². The van der Waals surface area contributed by atoms with Gasteiger partial charge in [0, 0.05) is 13.2 Å². The van der Waals surface area contributed by atoms with Gasteiger partial charge in [-0.3, -0.25) is 9.48 Å². The van der Waals surface area contributed by atoms with Gasteiger partial charge in [0.1, 0.15) is 0 Å². The summed E-state index contributed by atoms with van der Waals surface area (Å²) in [6.07, 6.45) is 3.37. The predicted octanol–water partition coefficient (Wildman–Crippen LogP) is 0.794. The average molecular weight is 210 g/mol. The molecule has 0 aromatic carbocycles. The number of nitrogens with zero attached hydrogens (tertiary/aromatic N) is 2. The number of carbonyl (C=O) groups is 1. The van der Waals surface area contributed by atoms with Crippen molar-refractivity contribution < 1.29 is 4.79 Å². The summed E-state index contributed by atoms with van der Waals surface area (Å²) < 4.78 is 1.66. The van der Waals surface area contributed by atoms with Gasteiger partial charge in [-0.1, -0.05) is 13.3 Å². The summed E-state index contributed by atoms with van der Waals surface area (Å²) in [6, 6.07) is -0.436. The summed E-state index contributed by atoms with van der Waals surface area (Å²) in [6.45, 7) is 3.85. The van der Waals surface area contributed by atoms with E-state index in [1.54, 1.807) is 10.9 Å². The van der Waals surface area contributed by atoms with E-state index < -0.39 is 6.04 Å². The summed E-state index contributed by atoms with van der Waals surface area (Å²) in [7, 11) is 1.81. The lowest BCUT2D eigenvalue weighted by Crippen LogP contribution is -2.35. The first-order valence-corrected chi connectivity index (χ1v) is 5.11. The summed E-state index contributed by atoms with van der Waals surface area (Å²) >= 11 is 0. The molecule has 0 spiro atoms.